The van der Waals surface area contributed by atoms with E-state index < -0.39 is 0 Å². The van der Waals surface area contributed by atoms with E-state index in [1.54, 1.807) is 7.11 Å². The zero-order valence-electron chi connectivity index (χ0n) is 13.3. The quantitative estimate of drug-likeness (QED) is 0.592. The molecular formula is C16H25N3O3. The van der Waals surface area contributed by atoms with Crippen LogP contribution in [0.2, 0.25) is 0 Å². The summed E-state index contributed by atoms with van der Waals surface area (Å²) in [6.45, 7) is 4.58. The molecular weight excluding hydrogens is 282 g/mol. The third-order valence-corrected chi connectivity index (χ3v) is 3.49. The van der Waals surface area contributed by atoms with Crippen molar-refractivity contribution in [2.75, 3.05) is 26.9 Å². The number of nitrogens with zero attached hydrogens (tertiary/aromatic N) is 1. The molecule has 1 aliphatic heterocycles. The Balaban J connectivity index is 1.88. The lowest BCUT2D eigenvalue weighted by Gasteiger charge is -2.12. The van der Waals surface area contributed by atoms with Gasteiger partial charge in [0.25, 0.3) is 0 Å². The van der Waals surface area contributed by atoms with Gasteiger partial charge in [-0.3, -0.25) is 0 Å². The normalized spacial score (nSPS) is 18.3. The van der Waals surface area contributed by atoms with Crippen LogP contribution in [0, 0.1) is 0 Å². The summed E-state index contributed by atoms with van der Waals surface area (Å²) in [4.78, 5) is 4.34. The molecule has 0 aromatic heterocycles. The van der Waals surface area contributed by atoms with E-state index in [1.807, 2.05) is 25.1 Å². The molecule has 0 aliphatic carbocycles. The first-order valence-corrected chi connectivity index (χ1v) is 7.68. The molecule has 0 spiro atoms. The third kappa shape index (κ3) is 4.80. The van der Waals surface area contributed by atoms with E-state index in [-0.39, 0.29) is 6.10 Å². The molecule has 2 rings (SSSR count). The van der Waals surface area contributed by atoms with Crippen LogP contribution in [0.3, 0.4) is 0 Å². The van der Waals surface area contributed by atoms with E-state index in [9.17, 15) is 0 Å². The Morgan fingerprint density at radius 3 is 3.00 bits per heavy atom. The first kappa shape index (κ1) is 16.4. The average Bonchev–Trinajstić information content (AvgIpc) is 3.05. The molecule has 0 amide bonds. The van der Waals surface area contributed by atoms with Gasteiger partial charge in [-0.1, -0.05) is 6.07 Å². The molecule has 1 saturated heterocycles. The summed E-state index contributed by atoms with van der Waals surface area (Å²) in [5.41, 5.74) is 6.90. The molecule has 0 saturated carbocycles. The molecule has 1 fully saturated rings. The van der Waals surface area contributed by atoms with Crippen LogP contribution in [0.15, 0.2) is 23.2 Å². The first-order chi connectivity index (χ1) is 10.7. The van der Waals surface area contributed by atoms with Crippen molar-refractivity contribution in [3.63, 3.8) is 0 Å². The third-order valence-electron chi connectivity index (χ3n) is 3.49. The molecule has 6 nitrogen and oxygen atoms in total. The van der Waals surface area contributed by atoms with Gasteiger partial charge in [0.2, 0.25) is 0 Å². The zero-order valence-corrected chi connectivity index (χ0v) is 13.3. The fourth-order valence-electron chi connectivity index (χ4n) is 2.34. The SMILES string of the molecule is CCOc1cc(CN=C(N)NCC2CCCO2)ccc1OC. The van der Waals surface area contributed by atoms with Crippen LogP contribution in [-0.2, 0) is 11.3 Å². The lowest BCUT2D eigenvalue weighted by molar-refractivity contribution is 0.114. The Kier molecular flexibility index (Phi) is 6.33. The minimum absolute atomic E-state index is 0.249. The summed E-state index contributed by atoms with van der Waals surface area (Å²) in [5, 5.41) is 3.10. The highest BCUT2D eigenvalue weighted by Crippen LogP contribution is 2.28. The number of methoxy groups -OCH3 is 1. The maximum atomic E-state index is 5.88. The molecule has 3 N–H and O–H groups in total. The summed E-state index contributed by atoms with van der Waals surface area (Å²) in [5.74, 6) is 1.88. The molecule has 6 heteroatoms. The van der Waals surface area contributed by atoms with Crippen LogP contribution in [0.25, 0.3) is 0 Å². The number of nitrogens with two attached hydrogens (primary N) is 1. The molecule has 122 valence electrons. The molecule has 1 aromatic carbocycles. The minimum atomic E-state index is 0.249. The Morgan fingerprint density at radius 1 is 1.45 bits per heavy atom. The summed E-state index contributed by atoms with van der Waals surface area (Å²) >= 11 is 0. The highest BCUT2D eigenvalue weighted by atomic mass is 16.5. The molecule has 1 heterocycles. The van der Waals surface area contributed by atoms with Gasteiger partial charge in [-0.2, -0.15) is 0 Å². The van der Waals surface area contributed by atoms with Gasteiger partial charge >= 0.3 is 0 Å². The van der Waals surface area contributed by atoms with Crippen LogP contribution in [-0.4, -0.2) is 38.9 Å². The number of rotatable bonds is 7. The molecule has 22 heavy (non-hydrogen) atoms. The lowest BCUT2D eigenvalue weighted by atomic mass is 10.2. The van der Waals surface area contributed by atoms with E-state index in [0.717, 1.165) is 36.5 Å². The Bertz CT molecular complexity index is 499. The van der Waals surface area contributed by atoms with Crippen molar-refractivity contribution in [3.8, 4) is 11.5 Å². The lowest BCUT2D eigenvalue weighted by Crippen LogP contribution is -2.37. The predicted octanol–water partition coefficient (Wildman–Crippen LogP) is 1.68. The number of nitrogens with one attached hydrogen (secondary N) is 1. The Morgan fingerprint density at radius 2 is 2.32 bits per heavy atom. The Labute approximate surface area is 131 Å². The molecule has 0 radical (unpaired) electrons. The molecule has 1 unspecified atom stereocenters. The van der Waals surface area contributed by atoms with Crippen molar-refractivity contribution in [2.24, 2.45) is 10.7 Å². The van der Waals surface area contributed by atoms with E-state index in [2.05, 4.69) is 10.3 Å². The van der Waals surface area contributed by atoms with Crippen LogP contribution in [0.1, 0.15) is 25.3 Å². The van der Waals surface area contributed by atoms with Crippen LogP contribution < -0.4 is 20.5 Å². The summed E-state index contributed by atoms with van der Waals surface area (Å²) in [7, 11) is 1.63. The molecule has 1 aliphatic rings. The van der Waals surface area contributed by atoms with Gasteiger partial charge < -0.3 is 25.3 Å². The predicted molar refractivity (Wildman–Crippen MR) is 86.5 cm³/mol. The van der Waals surface area contributed by atoms with Crippen molar-refractivity contribution in [2.45, 2.75) is 32.4 Å². The largest absolute Gasteiger partial charge is 0.493 e. The van der Waals surface area contributed by atoms with Crippen molar-refractivity contribution >= 4 is 5.96 Å². The number of hydrogen-bond acceptors (Lipinski definition) is 4. The van der Waals surface area contributed by atoms with Gasteiger partial charge in [0.1, 0.15) is 0 Å². The number of benzene rings is 1. The highest BCUT2D eigenvalue weighted by Gasteiger charge is 2.14. The van der Waals surface area contributed by atoms with E-state index in [4.69, 9.17) is 19.9 Å². The van der Waals surface area contributed by atoms with E-state index >= 15 is 0 Å². The highest BCUT2D eigenvalue weighted by molar-refractivity contribution is 5.77. The molecule has 0 bridgehead atoms. The maximum absolute atomic E-state index is 5.88. The van der Waals surface area contributed by atoms with Gasteiger partial charge in [0, 0.05) is 13.2 Å². The van der Waals surface area contributed by atoms with Crippen molar-refractivity contribution in [1.29, 1.82) is 0 Å². The zero-order chi connectivity index (χ0) is 15.8. The van der Waals surface area contributed by atoms with Gasteiger partial charge in [0.05, 0.1) is 26.4 Å². The number of guanidine groups is 1. The number of hydrogen-bond donors (Lipinski definition) is 2. The second kappa shape index (κ2) is 8.48. The van der Waals surface area contributed by atoms with Crippen molar-refractivity contribution < 1.29 is 14.2 Å². The maximum Gasteiger partial charge on any atom is 0.189 e. The number of aliphatic imine (C=N–C) groups is 1. The van der Waals surface area contributed by atoms with Crippen LogP contribution in [0.4, 0.5) is 0 Å². The van der Waals surface area contributed by atoms with Gasteiger partial charge in [-0.15, -0.1) is 0 Å². The molecule has 1 atom stereocenters. The minimum Gasteiger partial charge on any atom is -0.493 e. The number of ether oxygens (including phenoxy) is 3. The average molecular weight is 307 g/mol. The Hall–Kier alpha value is -1.95. The van der Waals surface area contributed by atoms with Crippen molar-refractivity contribution in [1.82, 2.24) is 5.32 Å². The van der Waals surface area contributed by atoms with E-state index in [0.29, 0.717) is 25.7 Å². The summed E-state index contributed by atoms with van der Waals surface area (Å²) < 4.78 is 16.3. The fraction of sp³-hybridized carbons (Fsp3) is 0.562. The van der Waals surface area contributed by atoms with Crippen LogP contribution >= 0.6 is 0 Å². The first-order valence-electron chi connectivity index (χ1n) is 7.68. The van der Waals surface area contributed by atoms with Gasteiger partial charge in [-0.05, 0) is 37.5 Å². The monoisotopic (exact) mass is 307 g/mol. The topological polar surface area (TPSA) is 78.1 Å². The standard InChI is InChI=1S/C16H25N3O3/c1-3-21-15-9-12(6-7-14(15)20-2)10-18-16(17)19-11-13-5-4-8-22-13/h6-7,9,13H,3-5,8,10-11H2,1-2H3,(H3,17,18,19). The van der Waals surface area contributed by atoms with Gasteiger partial charge in [0.15, 0.2) is 17.5 Å². The summed E-state index contributed by atoms with van der Waals surface area (Å²) in [6.07, 6.45) is 2.45. The van der Waals surface area contributed by atoms with Gasteiger partial charge in [-0.25, -0.2) is 4.99 Å². The van der Waals surface area contributed by atoms with E-state index in [1.165, 1.54) is 0 Å². The smallest absolute Gasteiger partial charge is 0.189 e. The second-order valence-electron chi connectivity index (χ2n) is 5.14. The second-order valence-corrected chi connectivity index (χ2v) is 5.14. The fourth-order valence-corrected chi connectivity index (χ4v) is 2.34. The van der Waals surface area contributed by atoms with Crippen molar-refractivity contribution in [3.05, 3.63) is 23.8 Å². The molecule has 1 aromatic rings. The van der Waals surface area contributed by atoms with Crippen LogP contribution in [0.5, 0.6) is 11.5 Å². The summed E-state index contributed by atoms with van der Waals surface area (Å²) in [6, 6.07) is 5.77.